The van der Waals surface area contributed by atoms with Crippen molar-refractivity contribution in [2.24, 2.45) is 0 Å². The van der Waals surface area contributed by atoms with E-state index in [0.717, 1.165) is 44.2 Å². The molecular weight excluding hydrogens is 366 g/mol. The lowest BCUT2D eigenvalue weighted by molar-refractivity contribution is -1.02. The van der Waals surface area contributed by atoms with Crippen LogP contribution in [0.1, 0.15) is 24.0 Å². The molecule has 2 aromatic carbocycles. The SMILES string of the molecule is C[C@@H](CNC(=O)C[NH+]1CC[NH+](Cc2ccc3c(c2)OCO3)CC1)c1ccccc1. The molecule has 1 atom stereocenters. The van der Waals surface area contributed by atoms with E-state index in [-0.39, 0.29) is 5.91 Å². The van der Waals surface area contributed by atoms with Gasteiger partial charge in [-0.05, 0) is 29.7 Å². The number of ether oxygens (including phenoxy) is 2. The summed E-state index contributed by atoms with van der Waals surface area (Å²) in [7, 11) is 0. The number of carbonyl (C=O) groups excluding carboxylic acids is 1. The smallest absolute Gasteiger partial charge is 0.275 e. The van der Waals surface area contributed by atoms with E-state index >= 15 is 0 Å². The van der Waals surface area contributed by atoms with Crippen LogP contribution in [0.25, 0.3) is 0 Å². The lowest BCUT2D eigenvalue weighted by Gasteiger charge is -2.29. The van der Waals surface area contributed by atoms with Crippen LogP contribution in [0.15, 0.2) is 48.5 Å². The summed E-state index contributed by atoms with van der Waals surface area (Å²) in [6.45, 7) is 8.94. The fourth-order valence-electron chi connectivity index (χ4n) is 4.11. The number of piperazine rings is 1. The lowest BCUT2D eigenvalue weighted by Crippen LogP contribution is -3.28. The van der Waals surface area contributed by atoms with Crippen LogP contribution in [-0.2, 0) is 11.3 Å². The van der Waals surface area contributed by atoms with Crippen LogP contribution in [0.2, 0.25) is 0 Å². The van der Waals surface area contributed by atoms with Crippen LogP contribution in [0, 0.1) is 0 Å². The van der Waals surface area contributed by atoms with Gasteiger partial charge in [-0.1, -0.05) is 37.3 Å². The van der Waals surface area contributed by atoms with Gasteiger partial charge in [-0.3, -0.25) is 4.79 Å². The number of carbonyl (C=O) groups is 1. The molecular formula is C23H31N3O3+2. The van der Waals surface area contributed by atoms with Gasteiger partial charge in [0.05, 0.1) is 0 Å². The van der Waals surface area contributed by atoms with Crippen molar-refractivity contribution in [2.75, 3.05) is 46.1 Å². The highest BCUT2D eigenvalue weighted by Crippen LogP contribution is 2.32. The van der Waals surface area contributed by atoms with E-state index in [4.69, 9.17) is 9.47 Å². The maximum Gasteiger partial charge on any atom is 0.275 e. The third-order valence-corrected chi connectivity index (χ3v) is 5.94. The Bertz CT molecular complexity index is 819. The first kappa shape index (κ1) is 19.7. The first-order valence-corrected chi connectivity index (χ1v) is 10.5. The highest BCUT2D eigenvalue weighted by Gasteiger charge is 2.25. The molecule has 2 aliphatic rings. The van der Waals surface area contributed by atoms with E-state index in [9.17, 15) is 4.79 Å². The number of rotatable bonds is 7. The largest absolute Gasteiger partial charge is 0.454 e. The van der Waals surface area contributed by atoms with E-state index in [0.29, 0.717) is 25.8 Å². The van der Waals surface area contributed by atoms with E-state index in [2.05, 4.69) is 36.5 Å². The van der Waals surface area contributed by atoms with Crippen LogP contribution in [0.5, 0.6) is 11.5 Å². The molecule has 0 spiro atoms. The average molecular weight is 398 g/mol. The molecule has 4 rings (SSSR count). The quantitative estimate of drug-likeness (QED) is 0.597. The topological polar surface area (TPSA) is 56.4 Å². The predicted octanol–water partition coefficient (Wildman–Crippen LogP) is -0.381. The van der Waals surface area contributed by atoms with Crippen LogP contribution < -0.4 is 24.6 Å². The van der Waals surface area contributed by atoms with Gasteiger partial charge >= 0.3 is 0 Å². The Hall–Kier alpha value is -2.57. The molecule has 1 saturated heterocycles. The third-order valence-electron chi connectivity index (χ3n) is 5.94. The molecule has 1 fully saturated rings. The summed E-state index contributed by atoms with van der Waals surface area (Å²) >= 11 is 0. The van der Waals surface area contributed by atoms with E-state index in [1.165, 1.54) is 16.0 Å². The monoisotopic (exact) mass is 397 g/mol. The van der Waals surface area contributed by atoms with E-state index in [1.807, 2.05) is 24.3 Å². The Labute approximate surface area is 172 Å². The number of hydrogen-bond acceptors (Lipinski definition) is 3. The van der Waals surface area contributed by atoms with E-state index in [1.54, 1.807) is 4.90 Å². The zero-order valence-electron chi connectivity index (χ0n) is 17.1. The van der Waals surface area contributed by atoms with Crippen molar-refractivity contribution in [3.8, 4) is 11.5 Å². The van der Waals surface area contributed by atoms with Crippen molar-refractivity contribution in [3.05, 3.63) is 59.7 Å². The minimum Gasteiger partial charge on any atom is -0.454 e. The third kappa shape index (κ3) is 5.28. The molecule has 0 saturated carbocycles. The van der Waals surface area contributed by atoms with Gasteiger partial charge < -0.3 is 24.6 Å². The second kappa shape index (κ2) is 9.29. The molecule has 0 unspecified atom stereocenters. The van der Waals surface area contributed by atoms with Gasteiger partial charge in [0.1, 0.15) is 32.7 Å². The molecule has 0 aliphatic carbocycles. The van der Waals surface area contributed by atoms with Crippen LogP contribution in [0.3, 0.4) is 0 Å². The fraction of sp³-hybridized carbons (Fsp3) is 0.435. The summed E-state index contributed by atoms with van der Waals surface area (Å²) in [5.74, 6) is 2.18. The molecule has 6 heteroatoms. The molecule has 1 amide bonds. The summed E-state index contributed by atoms with van der Waals surface area (Å²) < 4.78 is 10.9. The molecule has 2 aliphatic heterocycles. The summed E-state index contributed by atoms with van der Waals surface area (Å²) in [6.07, 6.45) is 0. The normalized spacial score (nSPS) is 21.6. The molecule has 3 N–H and O–H groups in total. The highest BCUT2D eigenvalue weighted by atomic mass is 16.7. The second-order valence-electron chi connectivity index (χ2n) is 8.16. The standard InChI is InChI=1S/C23H29N3O3/c1-18(20-5-3-2-4-6-20)14-24-23(27)16-26-11-9-25(10-12-26)15-19-7-8-21-22(13-19)29-17-28-21/h2-8,13,18H,9-12,14-17H2,1H3,(H,24,27)/p+2/t18-/m0/s1. The minimum absolute atomic E-state index is 0.155. The molecule has 2 heterocycles. The van der Waals surface area contributed by atoms with Crippen LogP contribution in [0.4, 0.5) is 0 Å². The Morgan fingerprint density at radius 3 is 2.52 bits per heavy atom. The van der Waals surface area contributed by atoms with Crippen molar-refractivity contribution in [1.82, 2.24) is 5.32 Å². The summed E-state index contributed by atoms with van der Waals surface area (Å²) in [6, 6.07) is 16.6. The van der Waals surface area contributed by atoms with Crippen molar-refractivity contribution in [2.45, 2.75) is 19.4 Å². The van der Waals surface area contributed by atoms with Gasteiger partial charge in [-0.15, -0.1) is 0 Å². The Morgan fingerprint density at radius 2 is 1.72 bits per heavy atom. The molecule has 0 bridgehead atoms. The van der Waals surface area contributed by atoms with Gasteiger partial charge in [-0.2, -0.15) is 0 Å². The molecule has 0 aromatic heterocycles. The molecule has 0 radical (unpaired) electrons. The number of quaternary nitrogens is 2. The molecule has 29 heavy (non-hydrogen) atoms. The molecule has 154 valence electrons. The average Bonchev–Trinajstić information content (AvgIpc) is 3.22. The molecule has 2 aromatic rings. The van der Waals surface area contributed by atoms with Gasteiger partial charge in [0, 0.05) is 12.1 Å². The van der Waals surface area contributed by atoms with Crippen molar-refractivity contribution >= 4 is 5.91 Å². The van der Waals surface area contributed by atoms with Crippen molar-refractivity contribution in [3.63, 3.8) is 0 Å². The van der Waals surface area contributed by atoms with Gasteiger partial charge in [0.2, 0.25) is 6.79 Å². The lowest BCUT2D eigenvalue weighted by atomic mass is 10.0. The number of amides is 1. The minimum atomic E-state index is 0.155. The number of benzene rings is 2. The Balaban J connectivity index is 1.17. The first-order valence-electron chi connectivity index (χ1n) is 10.5. The van der Waals surface area contributed by atoms with Crippen molar-refractivity contribution in [1.29, 1.82) is 0 Å². The first-order chi connectivity index (χ1) is 14.2. The second-order valence-corrected chi connectivity index (χ2v) is 8.16. The van der Waals surface area contributed by atoms with Crippen LogP contribution in [-0.4, -0.2) is 52.0 Å². The number of nitrogens with one attached hydrogen (secondary N) is 3. The number of hydrogen-bond donors (Lipinski definition) is 3. The summed E-state index contributed by atoms with van der Waals surface area (Å²) in [4.78, 5) is 15.3. The van der Waals surface area contributed by atoms with E-state index < -0.39 is 0 Å². The summed E-state index contributed by atoms with van der Waals surface area (Å²) in [5, 5.41) is 3.11. The zero-order chi connectivity index (χ0) is 20.1. The summed E-state index contributed by atoms with van der Waals surface area (Å²) in [5.41, 5.74) is 2.54. The highest BCUT2D eigenvalue weighted by molar-refractivity contribution is 5.76. The van der Waals surface area contributed by atoms with Gasteiger partial charge in [0.15, 0.2) is 18.0 Å². The van der Waals surface area contributed by atoms with Crippen molar-refractivity contribution < 1.29 is 24.1 Å². The van der Waals surface area contributed by atoms with Crippen LogP contribution >= 0.6 is 0 Å². The predicted molar refractivity (Wildman–Crippen MR) is 110 cm³/mol. The zero-order valence-corrected chi connectivity index (χ0v) is 17.1. The van der Waals surface area contributed by atoms with Gasteiger partial charge in [-0.25, -0.2) is 0 Å². The Morgan fingerprint density at radius 1 is 1.00 bits per heavy atom. The maximum atomic E-state index is 12.4. The van der Waals surface area contributed by atoms with Gasteiger partial charge in [0.25, 0.3) is 5.91 Å². The Kier molecular flexibility index (Phi) is 6.32. The fourth-order valence-corrected chi connectivity index (χ4v) is 4.11. The number of fused-ring (bicyclic) bond motifs is 1. The maximum absolute atomic E-state index is 12.4. The molecule has 6 nitrogen and oxygen atoms in total.